The van der Waals surface area contributed by atoms with Crippen LogP contribution in [0.5, 0.6) is 17.2 Å². The zero-order chi connectivity index (χ0) is 27.8. The molecule has 2 N–H and O–H groups in total. The number of hydrogen-bond acceptors (Lipinski definition) is 7. The van der Waals surface area contributed by atoms with Gasteiger partial charge in [0.05, 0.1) is 29.1 Å². The first kappa shape index (κ1) is 27.1. The van der Waals surface area contributed by atoms with Gasteiger partial charge in [0.25, 0.3) is 0 Å². The summed E-state index contributed by atoms with van der Waals surface area (Å²) in [6.07, 6.45) is 4.63. The van der Waals surface area contributed by atoms with Gasteiger partial charge in [-0.3, -0.25) is 9.78 Å². The topological polar surface area (TPSA) is 99.5 Å². The van der Waals surface area contributed by atoms with E-state index in [0.29, 0.717) is 52.6 Å². The standard InChI is InChI=1S/C30H28FN5O3/c1-4-38-28-17-25-23(16-26(28)35-29(37)11-8-14-36(2)3)30(20(18-32)19-33-25)34-21-12-13-27(24(31)15-21)39-22-9-6-5-7-10-22/h5-13,15-17,19H,4,14H2,1-3H3,(H,33,34)(H,35,37). The van der Waals surface area contributed by atoms with Crippen molar-refractivity contribution in [3.05, 3.63) is 90.4 Å². The molecule has 0 aliphatic heterocycles. The summed E-state index contributed by atoms with van der Waals surface area (Å²) in [6, 6.07) is 18.9. The quantitative estimate of drug-likeness (QED) is 0.237. The molecule has 9 heteroatoms. The lowest BCUT2D eigenvalue weighted by atomic mass is 10.1. The molecular formula is C30H28FN5O3. The predicted molar refractivity (Wildman–Crippen MR) is 150 cm³/mol. The summed E-state index contributed by atoms with van der Waals surface area (Å²) in [4.78, 5) is 18.9. The summed E-state index contributed by atoms with van der Waals surface area (Å²) in [5, 5.41) is 16.3. The van der Waals surface area contributed by atoms with Gasteiger partial charge in [-0.25, -0.2) is 4.39 Å². The number of benzene rings is 3. The van der Waals surface area contributed by atoms with E-state index in [2.05, 4.69) is 21.7 Å². The number of rotatable bonds is 10. The number of fused-ring (bicyclic) bond motifs is 1. The number of anilines is 3. The third kappa shape index (κ3) is 6.89. The molecule has 4 rings (SSSR count). The SMILES string of the molecule is CCOc1cc2ncc(C#N)c(Nc3ccc(Oc4ccccc4)c(F)c3)c2cc1NC(=O)C=CCN(C)C. The van der Waals surface area contributed by atoms with Gasteiger partial charge in [0.15, 0.2) is 11.6 Å². The molecular weight excluding hydrogens is 497 g/mol. The number of likely N-dealkylation sites (N-methyl/N-ethyl adjacent to an activating group) is 1. The van der Waals surface area contributed by atoms with Gasteiger partial charge in [0.2, 0.25) is 5.91 Å². The van der Waals surface area contributed by atoms with Crippen molar-refractivity contribution < 1.29 is 18.7 Å². The molecule has 0 radical (unpaired) electrons. The molecule has 0 unspecified atom stereocenters. The highest BCUT2D eigenvalue weighted by atomic mass is 19.1. The minimum Gasteiger partial charge on any atom is -0.492 e. The van der Waals surface area contributed by atoms with Crippen LogP contribution in [0.15, 0.2) is 79.0 Å². The number of amides is 1. The van der Waals surface area contributed by atoms with Crippen LogP contribution < -0.4 is 20.1 Å². The van der Waals surface area contributed by atoms with Crippen molar-refractivity contribution in [3.63, 3.8) is 0 Å². The van der Waals surface area contributed by atoms with Crippen molar-refractivity contribution in [2.24, 2.45) is 0 Å². The second kappa shape index (κ2) is 12.5. The zero-order valence-electron chi connectivity index (χ0n) is 21.9. The molecule has 3 aromatic carbocycles. The van der Waals surface area contributed by atoms with Gasteiger partial charge >= 0.3 is 0 Å². The summed E-state index contributed by atoms with van der Waals surface area (Å²) in [5.41, 5.74) is 2.02. The number of aromatic nitrogens is 1. The van der Waals surface area contributed by atoms with Crippen molar-refractivity contribution in [3.8, 4) is 23.3 Å². The summed E-state index contributed by atoms with van der Waals surface area (Å²) in [7, 11) is 3.81. The van der Waals surface area contributed by atoms with Crippen LogP contribution >= 0.6 is 0 Å². The summed E-state index contributed by atoms with van der Waals surface area (Å²) in [5.74, 6) is 0.126. The summed E-state index contributed by atoms with van der Waals surface area (Å²) >= 11 is 0. The lowest BCUT2D eigenvalue weighted by Gasteiger charge is -2.16. The minimum absolute atomic E-state index is 0.0699. The number of para-hydroxylation sites is 1. The molecule has 0 saturated heterocycles. The van der Waals surface area contributed by atoms with E-state index in [9.17, 15) is 14.4 Å². The molecule has 0 aliphatic rings. The fraction of sp³-hybridized carbons (Fsp3) is 0.167. The summed E-state index contributed by atoms with van der Waals surface area (Å²) < 4.78 is 26.3. The monoisotopic (exact) mass is 525 g/mol. The molecule has 0 fully saturated rings. The molecule has 0 bridgehead atoms. The Balaban J connectivity index is 1.69. The highest BCUT2D eigenvalue weighted by Crippen LogP contribution is 2.37. The number of halogens is 1. The van der Waals surface area contributed by atoms with E-state index in [1.165, 1.54) is 24.4 Å². The smallest absolute Gasteiger partial charge is 0.248 e. The van der Waals surface area contributed by atoms with Gasteiger partial charge in [-0.15, -0.1) is 0 Å². The Morgan fingerprint density at radius 3 is 2.62 bits per heavy atom. The predicted octanol–water partition coefficient (Wildman–Crippen LogP) is 6.24. The van der Waals surface area contributed by atoms with Crippen molar-refractivity contribution in [1.82, 2.24) is 9.88 Å². The van der Waals surface area contributed by atoms with Crippen molar-refractivity contribution >= 4 is 33.9 Å². The molecule has 1 amide bonds. The molecule has 1 heterocycles. The number of nitrogens with one attached hydrogen (secondary N) is 2. The van der Waals surface area contributed by atoms with E-state index >= 15 is 0 Å². The largest absolute Gasteiger partial charge is 0.492 e. The fourth-order valence-electron chi connectivity index (χ4n) is 3.78. The maximum Gasteiger partial charge on any atom is 0.248 e. The second-order valence-electron chi connectivity index (χ2n) is 8.80. The first-order valence-corrected chi connectivity index (χ1v) is 12.3. The van der Waals surface area contributed by atoms with Gasteiger partial charge in [-0.1, -0.05) is 24.3 Å². The van der Waals surface area contributed by atoms with Crippen molar-refractivity contribution in [2.45, 2.75) is 6.92 Å². The Morgan fingerprint density at radius 1 is 1.13 bits per heavy atom. The van der Waals surface area contributed by atoms with E-state index in [1.54, 1.807) is 48.5 Å². The highest BCUT2D eigenvalue weighted by molar-refractivity contribution is 6.04. The van der Waals surface area contributed by atoms with E-state index in [0.717, 1.165) is 0 Å². The molecule has 0 saturated carbocycles. The molecule has 39 heavy (non-hydrogen) atoms. The van der Waals surface area contributed by atoms with Gasteiger partial charge in [-0.2, -0.15) is 5.26 Å². The van der Waals surface area contributed by atoms with E-state index in [-0.39, 0.29) is 17.2 Å². The number of nitriles is 1. The van der Waals surface area contributed by atoms with Crippen LogP contribution in [0.2, 0.25) is 0 Å². The minimum atomic E-state index is -0.572. The molecule has 0 spiro atoms. The maximum atomic E-state index is 14.9. The zero-order valence-corrected chi connectivity index (χ0v) is 21.9. The third-order valence-corrected chi connectivity index (χ3v) is 5.56. The number of nitrogens with zero attached hydrogens (tertiary/aromatic N) is 3. The number of carbonyl (C=O) groups is 1. The Hall–Kier alpha value is -4.94. The average Bonchev–Trinajstić information content (AvgIpc) is 2.91. The summed E-state index contributed by atoms with van der Waals surface area (Å²) in [6.45, 7) is 2.83. The Morgan fingerprint density at radius 2 is 1.92 bits per heavy atom. The van der Waals surface area contributed by atoms with Crippen LogP contribution in [0.4, 0.5) is 21.5 Å². The van der Waals surface area contributed by atoms with Crippen LogP contribution in [-0.2, 0) is 4.79 Å². The Kier molecular flexibility index (Phi) is 8.71. The van der Waals surface area contributed by atoms with Gasteiger partial charge in [-0.05, 0) is 51.4 Å². The van der Waals surface area contributed by atoms with Gasteiger partial charge in [0.1, 0.15) is 17.6 Å². The number of hydrogen-bond donors (Lipinski definition) is 2. The fourth-order valence-corrected chi connectivity index (χ4v) is 3.78. The Bertz CT molecular complexity index is 1550. The number of carbonyl (C=O) groups excluding carboxylic acids is 1. The molecule has 1 aromatic heterocycles. The first-order valence-electron chi connectivity index (χ1n) is 12.3. The third-order valence-electron chi connectivity index (χ3n) is 5.56. The van der Waals surface area contributed by atoms with E-state index in [4.69, 9.17) is 9.47 Å². The van der Waals surface area contributed by atoms with Gasteiger partial charge in [0, 0.05) is 42.0 Å². The van der Waals surface area contributed by atoms with Crippen LogP contribution in [0.1, 0.15) is 12.5 Å². The lowest BCUT2D eigenvalue weighted by molar-refractivity contribution is -0.111. The van der Waals surface area contributed by atoms with Crippen LogP contribution in [0, 0.1) is 17.1 Å². The van der Waals surface area contributed by atoms with E-state index in [1.807, 2.05) is 32.0 Å². The maximum absolute atomic E-state index is 14.9. The van der Waals surface area contributed by atoms with E-state index < -0.39 is 5.82 Å². The molecule has 0 atom stereocenters. The number of pyridine rings is 1. The molecule has 4 aromatic rings. The Labute approximate surface area is 226 Å². The van der Waals surface area contributed by atoms with Crippen molar-refractivity contribution in [2.75, 3.05) is 37.9 Å². The van der Waals surface area contributed by atoms with Crippen LogP contribution in [0.25, 0.3) is 10.9 Å². The molecule has 0 aliphatic carbocycles. The van der Waals surface area contributed by atoms with Crippen LogP contribution in [0.3, 0.4) is 0 Å². The number of ether oxygens (including phenoxy) is 2. The highest BCUT2D eigenvalue weighted by Gasteiger charge is 2.16. The normalized spacial score (nSPS) is 11.0. The van der Waals surface area contributed by atoms with Gasteiger partial charge < -0.3 is 25.0 Å². The first-order chi connectivity index (χ1) is 18.9. The molecule has 8 nitrogen and oxygen atoms in total. The second-order valence-corrected chi connectivity index (χ2v) is 8.80. The lowest BCUT2D eigenvalue weighted by Crippen LogP contribution is -2.13. The van der Waals surface area contributed by atoms with Crippen LogP contribution in [-0.4, -0.2) is 43.0 Å². The molecule has 198 valence electrons. The van der Waals surface area contributed by atoms with Crippen molar-refractivity contribution in [1.29, 1.82) is 5.26 Å². The average molecular weight is 526 g/mol.